The number of carbonyl (C=O) groups is 2. The number of carboxylic acids is 1. The minimum atomic E-state index is -1.12. The quantitative estimate of drug-likeness (QED) is 0.656. The summed E-state index contributed by atoms with van der Waals surface area (Å²) in [7, 11) is 0. The number of halogens is 2. The third-order valence-corrected chi connectivity index (χ3v) is 4.00. The fourth-order valence-corrected chi connectivity index (χ4v) is 2.46. The maximum atomic E-state index is 12.3. The van der Waals surface area contributed by atoms with Crippen molar-refractivity contribution in [1.29, 1.82) is 0 Å². The van der Waals surface area contributed by atoms with Crippen LogP contribution in [0.4, 0.5) is 5.69 Å². The molecule has 0 atom stereocenters. The SMILES string of the molecule is O=C(O)c1ccc(Cl)c(NC(=O)c2ccc(-c3ccc(Cl)cc3)o2)c1. The van der Waals surface area contributed by atoms with Gasteiger partial charge in [-0.3, -0.25) is 4.79 Å². The Labute approximate surface area is 152 Å². The van der Waals surface area contributed by atoms with Gasteiger partial charge < -0.3 is 14.8 Å². The molecule has 3 aromatic rings. The number of amides is 1. The highest BCUT2D eigenvalue weighted by molar-refractivity contribution is 6.34. The maximum Gasteiger partial charge on any atom is 0.335 e. The fourth-order valence-electron chi connectivity index (χ4n) is 2.17. The number of nitrogens with one attached hydrogen (secondary N) is 1. The van der Waals surface area contributed by atoms with Gasteiger partial charge in [-0.15, -0.1) is 0 Å². The maximum absolute atomic E-state index is 12.3. The van der Waals surface area contributed by atoms with Crippen LogP contribution in [-0.2, 0) is 0 Å². The first-order chi connectivity index (χ1) is 11.9. The number of anilines is 1. The number of benzene rings is 2. The minimum Gasteiger partial charge on any atom is -0.478 e. The van der Waals surface area contributed by atoms with Crippen LogP contribution in [0.25, 0.3) is 11.3 Å². The van der Waals surface area contributed by atoms with Gasteiger partial charge in [-0.05, 0) is 54.6 Å². The van der Waals surface area contributed by atoms with E-state index in [4.69, 9.17) is 32.7 Å². The Morgan fingerprint density at radius 1 is 0.960 bits per heavy atom. The van der Waals surface area contributed by atoms with Crippen molar-refractivity contribution < 1.29 is 19.1 Å². The van der Waals surface area contributed by atoms with E-state index >= 15 is 0 Å². The lowest BCUT2D eigenvalue weighted by atomic mass is 10.2. The Morgan fingerprint density at radius 2 is 1.68 bits per heavy atom. The smallest absolute Gasteiger partial charge is 0.335 e. The Kier molecular flexibility index (Phi) is 4.79. The molecule has 0 saturated carbocycles. The summed E-state index contributed by atoms with van der Waals surface area (Å²) < 4.78 is 5.55. The molecule has 3 rings (SSSR count). The van der Waals surface area contributed by atoms with Gasteiger partial charge in [0, 0.05) is 10.6 Å². The third kappa shape index (κ3) is 3.84. The van der Waals surface area contributed by atoms with Crippen molar-refractivity contribution >= 4 is 40.8 Å². The van der Waals surface area contributed by atoms with Crippen LogP contribution in [0.5, 0.6) is 0 Å². The molecular weight excluding hydrogens is 365 g/mol. The van der Waals surface area contributed by atoms with Crippen LogP contribution in [0, 0.1) is 0 Å². The van der Waals surface area contributed by atoms with Gasteiger partial charge >= 0.3 is 5.97 Å². The lowest BCUT2D eigenvalue weighted by molar-refractivity contribution is 0.0696. The zero-order valence-electron chi connectivity index (χ0n) is 12.6. The van der Waals surface area contributed by atoms with Crippen molar-refractivity contribution in [2.24, 2.45) is 0 Å². The van der Waals surface area contributed by atoms with E-state index in [1.807, 2.05) is 0 Å². The molecule has 25 heavy (non-hydrogen) atoms. The third-order valence-electron chi connectivity index (χ3n) is 3.42. The number of carbonyl (C=O) groups excluding carboxylic acids is 1. The summed E-state index contributed by atoms with van der Waals surface area (Å²) >= 11 is 11.8. The Balaban J connectivity index is 1.82. The molecule has 0 spiro atoms. The largest absolute Gasteiger partial charge is 0.478 e. The monoisotopic (exact) mass is 375 g/mol. The summed E-state index contributed by atoms with van der Waals surface area (Å²) in [6.45, 7) is 0. The molecular formula is C18H11Cl2NO4. The first-order valence-corrected chi connectivity index (χ1v) is 7.89. The molecule has 0 bridgehead atoms. The molecule has 7 heteroatoms. The summed E-state index contributed by atoms with van der Waals surface area (Å²) in [6, 6.07) is 14.2. The summed E-state index contributed by atoms with van der Waals surface area (Å²) in [5.41, 5.74) is 0.978. The Hall–Kier alpha value is -2.76. The summed E-state index contributed by atoms with van der Waals surface area (Å²) in [6.07, 6.45) is 0. The number of rotatable bonds is 4. The van der Waals surface area contributed by atoms with E-state index in [1.54, 1.807) is 30.3 Å². The molecule has 0 fully saturated rings. The van der Waals surface area contributed by atoms with E-state index in [0.717, 1.165) is 5.56 Å². The van der Waals surface area contributed by atoms with Crippen molar-refractivity contribution in [3.63, 3.8) is 0 Å². The van der Waals surface area contributed by atoms with Crippen LogP contribution in [0.3, 0.4) is 0 Å². The molecule has 2 aromatic carbocycles. The number of hydrogen-bond donors (Lipinski definition) is 2. The molecule has 0 unspecified atom stereocenters. The van der Waals surface area contributed by atoms with Gasteiger partial charge in [-0.2, -0.15) is 0 Å². The molecule has 126 valence electrons. The molecule has 1 amide bonds. The van der Waals surface area contributed by atoms with E-state index in [1.165, 1.54) is 24.3 Å². The summed E-state index contributed by atoms with van der Waals surface area (Å²) in [5, 5.41) is 12.4. The highest BCUT2D eigenvalue weighted by Crippen LogP contribution is 2.26. The first kappa shape index (κ1) is 17.1. The lowest BCUT2D eigenvalue weighted by Gasteiger charge is -2.07. The highest BCUT2D eigenvalue weighted by Gasteiger charge is 2.15. The summed E-state index contributed by atoms with van der Waals surface area (Å²) in [5.74, 6) is -1.08. The second kappa shape index (κ2) is 7.01. The van der Waals surface area contributed by atoms with Crippen LogP contribution in [0.15, 0.2) is 59.0 Å². The molecule has 2 N–H and O–H groups in total. The van der Waals surface area contributed by atoms with E-state index in [9.17, 15) is 9.59 Å². The van der Waals surface area contributed by atoms with Gasteiger partial charge in [0.25, 0.3) is 5.91 Å². The van der Waals surface area contributed by atoms with Crippen molar-refractivity contribution in [1.82, 2.24) is 0 Å². The predicted molar refractivity (Wildman–Crippen MR) is 95.5 cm³/mol. The number of furan rings is 1. The van der Waals surface area contributed by atoms with Crippen LogP contribution in [-0.4, -0.2) is 17.0 Å². The highest BCUT2D eigenvalue weighted by atomic mass is 35.5. The van der Waals surface area contributed by atoms with Crippen LogP contribution in [0.1, 0.15) is 20.9 Å². The zero-order chi connectivity index (χ0) is 18.0. The van der Waals surface area contributed by atoms with Crippen molar-refractivity contribution in [2.75, 3.05) is 5.32 Å². The second-order valence-corrected chi connectivity index (χ2v) is 5.97. The first-order valence-electron chi connectivity index (χ1n) is 7.14. The standard InChI is InChI=1S/C18H11Cl2NO4/c19-12-4-1-10(2-5-12)15-7-8-16(25-15)17(22)21-14-9-11(18(23)24)3-6-13(14)20/h1-9H,(H,21,22)(H,23,24). The van der Waals surface area contributed by atoms with Gasteiger partial charge in [0.2, 0.25) is 0 Å². The number of aromatic carboxylic acids is 1. The van der Waals surface area contributed by atoms with E-state index in [2.05, 4.69) is 5.32 Å². The van der Waals surface area contributed by atoms with Gasteiger partial charge in [-0.1, -0.05) is 23.2 Å². The van der Waals surface area contributed by atoms with Crippen molar-refractivity contribution in [3.8, 4) is 11.3 Å². The van der Waals surface area contributed by atoms with E-state index < -0.39 is 11.9 Å². The molecule has 0 radical (unpaired) electrons. The zero-order valence-corrected chi connectivity index (χ0v) is 14.1. The normalized spacial score (nSPS) is 10.5. The molecule has 0 saturated heterocycles. The predicted octanol–water partition coefficient (Wildman–Crippen LogP) is 5.20. The topological polar surface area (TPSA) is 79.5 Å². The lowest BCUT2D eigenvalue weighted by Crippen LogP contribution is -2.12. The number of hydrogen-bond acceptors (Lipinski definition) is 3. The number of carboxylic acid groups (broad SMARTS) is 1. The van der Waals surface area contributed by atoms with Gasteiger partial charge in [0.1, 0.15) is 5.76 Å². The van der Waals surface area contributed by atoms with E-state index in [-0.39, 0.29) is 22.0 Å². The molecule has 0 aliphatic heterocycles. The average molecular weight is 376 g/mol. The van der Waals surface area contributed by atoms with Crippen molar-refractivity contribution in [2.45, 2.75) is 0 Å². The Bertz CT molecular complexity index is 948. The summed E-state index contributed by atoms with van der Waals surface area (Å²) in [4.78, 5) is 23.3. The van der Waals surface area contributed by atoms with Gasteiger partial charge in [0.15, 0.2) is 5.76 Å². The second-order valence-electron chi connectivity index (χ2n) is 5.12. The van der Waals surface area contributed by atoms with Gasteiger partial charge in [0.05, 0.1) is 16.3 Å². The average Bonchev–Trinajstić information content (AvgIpc) is 3.07. The Morgan fingerprint density at radius 3 is 2.36 bits per heavy atom. The molecule has 0 aliphatic carbocycles. The molecule has 1 heterocycles. The van der Waals surface area contributed by atoms with E-state index in [0.29, 0.717) is 10.8 Å². The minimum absolute atomic E-state index is 0.0148. The van der Waals surface area contributed by atoms with Crippen LogP contribution < -0.4 is 5.32 Å². The van der Waals surface area contributed by atoms with Crippen LogP contribution >= 0.6 is 23.2 Å². The fraction of sp³-hybridized carbons (Fsp3) is 0. The van der Waals surface area contributed by atoms with Gasteiger partial charge in [-0.25, -0.2) is 4.79 Å². The molecule has 1 aromatic heterocycles. The molecule has 0 aliphatic rings. The van der Waals surface area contributed by atoms with Crippen LogP contribution in [0.2, 0.25) is 10.0 Å². The van der Waals surface area contributed by atoms with Crippen molar-refractivity contribution in [3.05, 3.63) is 76.0 Å². The molecule has 5 nitrogen and oxygen atoms in total.